The number of carbonyl (C=O) groups excluding carboxylic acids is 2. The Morgan fingerprint density at radius 3 is 2.41 bits per heavy atom. The molecule has 148 valence electrons. The molecule has 0 aliphatic carbocycles. The Kier molecular flexibility index (Phi) is 6.19. The maximum atomic E-state index is 12.8. The third-order valence-electron chi connectivity index (χ3n) is 4.32. The minimum atomic E-state index is -0.395. The molecule has 29 heavy (non-hydrogen) atoms. The van der Waals surface area contributed by atoms with E-state index >= 15 is 0 Å². The van der Waals surface area contributed by atoms with Crippen LogP contribution in [-0.4, -0.2) is 35.5 Å². The van der Waals surface area contributed by atoms with Gasteiger partial charge in [0.05, 0.1) is 25.1 Å². The number of aryl methyl sites for hydroxylation is 1. The van der Waals surface area contributed by atoms with Gasteiger partial charge < -0.3 is 15.0 Å². The van der Waals surface area contributed by atoms with E-state index in [1.807, 2.05) is 38.1 Å². The molecule has 3 rings (SSSR count). The Morgan fingerprint density at radius 1 is 1.07 bits per heavy atom. The summed E-state index contributed by atoms with van der Waals surface area (Å²) in [6.45, 7) is 4.43. The first-order valence-electron chi connectivity index (χ1n) is 9.17. The predicted octanol–water partition coefficient (Wildman–Crippen LogP) is 3.98. The van der Waals surface area contributed by atoms with Gasteiger partial charge in [0.15, 0.2) is 0 Å². The van der Waals surface area contributed by atoms with E-state index in [0.29, 0.717) is 17.9 Å². The predicted molar refractivity (Wildman–Crippen MR) is 112 cm³/mol. The van der Waals surface area contributed by atoms with Crippen LogP contribution in [0, 0.1) is 6.92 Å². The summed E-state index contributed by atoms with van der Waals surface area (Å²) in [5.74, 6) is -0.112. The maximum absolute atomic E-state index is 12.8. The van der Waals surface area contributed by atoms with Crippen molar-refractivity contribution < 1.29 is 14.3 Å². The summed E-state index contributed by atoms with van der Waals surface area (Å²) in [6, 6.07) is 14.6. The molecule has 7 heteroatoms. The van der Waals surface area contributed by atoms with Gasteiger partial charge in [-0.2, -0.15) is 0 Å². The van der Waals surface area contributed by atoms with Gasteiger partial charge in [0.2, 0.25) is 0 Å². The van der Waals surface area contributed by atoms with Crippen LogP contribution in [0.2, 0.25) is 0 Å². The normalized spacial score (nSPS) is 10.3. The Hall–Kier alpha value is -3.74. The van der Waals surface area contributed by atoms with E-state index in [-0.39, 0.29) is 11.6 Å². The van der Waals surface area contributed by atoms with Crippen molar-refractivity contribution in [3.05, 3.63) is 77.7 Å². The molecule has 1 N–H and O–H groups in total. The molecule has 1 amide bonds. The SMILES string of the molecule is CCN(C(=O)c1cnc(Nc2ccc(C(=O)OC)cc2)cn1)c1cccc(C)c1. The highest BCUT2D eigenvalue weighted by atomic mass is 16.5. The van der Waals surface area contributed by atoms with Crippen molar-refractivity contribution >= 4 is 29.1 Å². The maximum Gasteiger partial charge on any atom is 0.337 e. The van der Waals surface area contributed by atoms with E-state index in [1.54, 1.807) is 29.2 Å². The van der Waals surface area contributed by atoms with Crippen LogP contribution in [0.4, 0.5) is 17.2 Å². The number of aromatic nitrogens is 2. The Morgan fingerprint density at radius 2 is 1.83 bits per heavy atom. The van der Waals surface area contributed by atoms with Gasteiger partial charge >= 0.3 is 5.97 Å². The lowest BCUT2D eigenvalue weighted by atomic mass is 10.2. The van der Waals surface area contributed by atoms with Crippen LogP contribution >= 0.6 is 0 Å². The van der Waals surface area contributed by atoms with Gasteiger partial charge in [0.25, 0.3) is 5.91 Å². The van der Waals surface area contributed by atoms with Gasteiger partial charge in [-0.1, -0.05) is 12.1 Å². The first kappa shape index (κ1) is 20.0. The molecule has 0 radical (unpaired) electrons. The minimum Gasteiger partial charge on any atom is -0.465 e. The number of anilines is 3. The molecule has 0 aliphatic heterocycles. The Labute approximate surface area is 169 Å². The second-order valence-corrected chi connectivity index (χ2v) is 6.37. The molecule has 2 aromatic carbocycles. The number of ether oxygens (including phenoxy) is 1. The molecular weight excluding hydrogens is 368 g/mol. The van der Waals surface area contributed by atoms with Gasteiger partial charge in [-0.25, -0.2) is 14.8 Å². The van der Waals surface area contributed by atoms with Crippen molar-refractivity contribution in [2.75, 3.05) is 23.9 Å². The minimum absolute atomic E-state index is 0.209. The number of nitrogens with zero attached hydrogens (tertiary/aromatic N) is 3. The number of hydrogen-bond acceptors (Lipinski definition) is 6. The highest BCUT2D eigenvalue weighted by Crippen LogP contribution is 2.19. The van der Waals surface area contributed by atoms with Gasteiger partial charge in [-0.05, 0) is 55.8 Å². The van der Waals surface area contributed by atoms with Crippen molar-refractivity contribution in [2.45, 2.75) is 13.8 Å². The van der Waals surface area contributed by atoms with Crippen LogP contribution in [0.5, 0.6) is 0 Å². The zero-order valence-corrected chi connectivity index (χ0v) is 16.5. The summed E-state index contributed by atoms with van der Waals surface area (Å²) in [7, 11) is 1.34. The van der Waals surface area contributed by atoms with E-state index in [2.05, 4.69) is 20.0 Å². The highest BCUT2D eigenvalue weighted by Gasteiger charge is 2.18. The fourth-order valence-corrected chi connectivity index (χ4v) is 2.84. The number of rotatable bonds is 6. The fourth-order valence-electron chi connectivity index (χ4n) is 2.84. The number of nitrogens with one attached hydrogen (secondary N) is 1. The number of amides is 1. The van der Waals surface area contributed by atoms with Crippen molar-refractivity contribution in [3.63, 3.8) is 0 Å². The Bertz CT molecular complexity index is 1000. The highest BCUT2D eigenvalue weighted by molar-refractivity contribution is 6.04. The average Bonchev–Trinajstić information content (AvgIpc) is 2.75. The number of methoxy groups -OCH3 is 1. The van der Waals surface area contributed by atoms with Crippen LogP contribution in [0.1, 0.15) is 33.3 Å². The molecule has 0 saturated heterocycles. The molecule has 1 heterocycles. The summed E-state index contributed by atoms with van der Waals surface area (Å²) in [5.41, 5.74) is 3.37. The van der Waals surface area contributed by atoms with E-state index in [0.717, 1.165) is 16.9 Å². The average molecular weight is 390 g/mol. The van der Waals surface area contributed by atoms with Gasteiger partial charge in [0.1, 0.15) is 11.5 Å². The zero-order chi connectivity index (χ0) is 20.8. The number of hydrogen-bond donors (Lipinski definition) is 1. The van der Waals surface area contributed by atoms with Crippen LogP contribution in [0.25, 0.3) is 0 Å². The second kappa shape index (κ2) is 8.97. The lowest BCUT2D eigenvalue weighted by Gasteiger charge is -2.21. The third-order valence-corrected chi connectivity index (χ3v) is 4.32. The van der Waals surface area contributed by atoms with E-state index in [4.69, 9.17) is 0 Å². The van der Waals surface area contributed by atoms with Gasteiger partial charge in [-0.3, -0.25) is 4.79 Å². The summed E-state index contributed by atoms with van der Waals surface area (Å²) < 4.78 is 4.68. The van der Waals surface area contributed by atoms with Crippen molar-refractivity contribution in [1.82, 2.24) is 9.97 Å². The summed E-state index contributed by atoms with van der Waals surface area (Å²) in [6.07, 6.45) is 2.96. The lowest BCUT2D eigenvalue weighted by Crippen LogP contribution is -2.31. The molecule has 1 aromatic heterocycles. The molecule has 0 aliphatic rings. The molecule has 0 atom stereocenters. The molecule has 0 spiro atoms. The molecule has 7 nitrogen and oxygen atoms in total. The standard InChI is InChI=1S/C22H22N4O3/c1-4-26(18-7-5-6-15(2)12-18)21(27)19-13-24-20(14-23-19)25-17-10-8-16(9-11-17)22(28)29-3/h5-14H,4H2,1-3H3,(H,24,25). The largest absolute Gasteiger partial charge is 0.465 e. The van der Waals surface area contributed by atoms with Crippen molar-refractivity contribution in [3.8, 4) is 0 Å². The van der Waals surface area contributed by atoms with Gasteiger partial charge in [-0.15, -0.1) is 0 Å². The van der Waals surface area contributed by atoms with Crippen molar-refractivity contribution in [2.24, 2.45) is 0 Å². The zero-order valence-electron chi connectivity index (χ0n) is 16.5. The quantitative estimate of drug-likeness (QED) is 0.641. The van der Waals surface area contributed by atoms with E-state index < -0.39 is 5.97 Å². The number of carbonyl (C=O) groups is 2. The van der Waals surface area contributed by atoms with Crippen LogP contribution in [-0.2, 0) is 4.74 Å². The molecule has 0 fully saturated rings. The van der Waals surface area contributed by atoms with E-state index in [1.165, 1.54) is 19.5 Å². The molecule has 0 unspecified atom stereocenters. The van der Waals surface area contributed by atoms with Crippen molar-refractivity contribution in [1.29, 1.82) is 0 Å². The number of benzene rings is 2. The molecule has 0 saturated carbocycles. The van der Waals surface area contributed by atoms with Crippen LogP contribution < -0.4 is 10.2 Å². The topological polar surface area (TPSA) is 84.4 Å². The molecule has 0 bridgehead atoms. The Balaban J connectivity index is 1.72. The third kappa shape index (κ3) is 4.76. The summed E-state index contributed by atoms with van der Waals surface area (Å²) in [5, 5.41) is 3.09. The first-order chi connectivity index (χ1) is 14.0. The smallest absolute Gasteiger partial charge is 0.337 e. The first-order valence-corrected chi connectivity index (χ1v) is 9.17. The van der Waals surface area contributed by atoms with E-state index in [9.17, 15) is 9.59 Å². The van der Waals surface area contributed by atoms with Crippen LogP contribution in [0.15, 0.2) is 60.9 Å². The second-order valence-electron chi connectivity index (χ2n) is 6.37. The van der Waals surface area contributed by atoms with Gasteiger partial charge in [0, 0.05) is 17.9 Å². The molecular formula is C22H22N4O3. The fraction of sp³-hybridized carbons (Fsp3) is 0.182. The lowest BCUT2D eigenvalue weighted by molar-refractivity contribution is 0.0600. The van der Waals surface area contributed by atoms with Crippen LogP contribution in [0.3, 0.4) is 0 Å². The summed E-state index contributed by atoms with van der Waals surface area (Å²) in [4.78, 5) is 34.5. The number of esters is 1. The summed E-state index contributed by atoms with van der Waals surface area (Å²) >= 11 is 0. The monoisotopic (exact) mass is 390 g/mol. The molecule has 3 aromatic rings.